The second-order valence-corrected chi connectivity index (χ2v) is 7.69. The second-order valence-electron chi connectivity index (χ2n) is 4.55. The third kappa shape index (κ3) is 7.59. The molecule has 2 N–H and O–H groups in total. The molecule has 0 spiro atoms. The van der Waals surface area contributed by atoms with Gasteiger partial charge in [-0.2, -0.15) is 16.8 Å². The quantitative estimate of drug-likeness (QED) is 0.699. The van der Waals surface area contributed by atoms with E-state index in [2.05, 4.69) is 0 Å². The van der Waals surface area contributed by atoms with E-state index in [1.165, 1.54) is 0 Å². The van der Waals surface area contributed by atoms with Crippen LogP contribution in [-0.4, -0.2) is 37.4 Å². The lowest BCUT2D eigenvalue weighted by Gasteiger charge is -2.08. The van der Waals surface area contributed by atoms with Crippen LogP contribution in [-0.2, 0) is 33.1 Å². The molecule has 1 rings (SSSR count). The summed E-state index contributed by atoms with van der Waals surface area (Å²) in [4.78, 5) is 0. The zero-order valence-electron chi connectivity index (χ0n) is 10.9. The molecule has 0 aliphatic carbocycles. The summed E-state index contributed by atoms with van der Waals surface area (Å²) in [7, 11) is -7.91. The Balaban J connectivity index is 2.59. The second kappa shape index (κ2) is 7.16. The van der Waals surface area contributed by atoms with E-state index < -0.39 is 20.2 Å². The first-order valence-electron chi connectivity index (χ1n) is 6.14. The molecule has 0 unspecified atom stereocenters. The van der Waals surface area contributed by atoms with Crippen molar-refractivity contribution in [3.63, 3.8) is 0 Å². The Morgan fingerprint density at radius 2 is 1.10 bits per heavy atom. The van der Waals surface area contributed by atoms with Gasteiger partial charge < -0.3 is 0 Å². The van der Waals surface area contributed by atoms with E-state index in [0.29, 0.717) is 25.7 Å². The fraction of sp³-hybridized carbons (Fsp3) is 0.500. The molecule has 0 amide bonds. The van der Waals surface area contributed by atoms with Crippen molar-refractivity contribution in [2.45, 2.75) is 25.7 Å². The van der Waals surface area contributed by atoms with E-state index in [0.717, 1.165) is 11.1 Å². The van der Waals surface area contributed by atoms with Gasteiger partial charge in [-0.05, 0) is 36.8 Å². The van der Waals surface area contributed by atoms with E-state index in [9.17, 15) is 16.8 Å². The molecule has 0 bridgehead atoms. The maximum atomic E-state index is 10.6. The Hall–Kier alpha value is -0.960. The van der Waals surface area contributed by atoms with Gasteiger partial charge in [0, 0.05) is 0 Å². The smallest absolute Gasteiger partial charge is 0.264 e. The molecular formula is C12H18O6S2. The molecule has 0 atom stereocenters. The Kier molecular flexibility index (Phi) is 6.12. The number of aryl methyl sites for hydroxylation is 2. The van der Waals surface area contributed by atoms with Crippen LogP contribution in [0.2, 0.25) is 0 Å². The molecular weight excluding hydrogens is 304 g/mol. The zero-order valence-corrected chi connectivity index (χ0v) is 12.5. The molecule has 0 saturated heterocycles. The topological polar surface area (TPSA) is 109 Å². The van der Waals surface area contributed by atoms with Crippen LogP contribution < -0.4 is 0 Å². The SMILES string of the molecule is O=S(=O)(O)CCCc1ccccc1CCCS(=O)(=O)O. The van der Waals surface area contributed by atoms with Gasteiger partial charge in [0.05, 0.1) is 11.5 Å². The summed E-state index contributed by atoms with van der Waals surface area (Å²) in [6, 6.07) is 7.31. The van der Waals surface area contributed by atoms with E-state index in [4.69, 9.17) is 9.11 Å². The highest BCUT2D eigenvalue weighted by atomic mass is 32.2. The molecule has 0 aromatic heterocycles. The molecule has 1 aromatic rings. The fourth-order valence-corrected chi connectivity index (χ4v) is 2.95. The average Bonchev–Trinajstić information content (AvgIpc) is 2.28. The first kappa shape index (κ1) is 17.1. The lowest BCUT2D eigenvalue weighted by molar-refractivity contribution is 0.478. The van der Waals surface area contributed by atoms with Crippen molar-refractivity contribution in [1.82, 2.24) is 0 Å². The van der Waals surface area contributed by atoms with Crippen LogP contribution in [0.3, 0.4) is 0 Å². The van der Waals surface area contributed by atoms with Crippen LogP contribution in [0, 0.1) is 0 Å². The van der Waals surface area contributed by atoms with Gasteiger partial charge in [-0.15, -0.1) is 0 Å². The predicted molar refractivity (Wildman–Crippen MR) is 75.9 cm³/mol. The lowest BCUT2D eigenvalue weighted by atomic mass is 10.00. The Morgan fingerprint density at radius 1 is 0.750 bits per heavy atom. The minimum Gasteiger partial charge on any atom is -0.286 e. The number of hydrogen-bond acceptors (Lipinski definition) is 4. The molecule has 0 aliphatic heterocycles. The van der Waals surface area contributed by atoms with Crippen molar-refractivity contribution in [3.05, 3.63) is 35.4 Å². The van der Waals surface area contributed by atoms with Crippen molar-refractivity contribution in [2.24, 2.45) is 0 Å². The highest BCUT2D eigenvalue weighted by Gasteiger charge is 2.08. The largest absolute Gasteiger partial charge is 0.286 e. The number of benzene rings is 1. The highest BCUT2D eigenvalue weighted by Crippen LogP contribution is 2.14. The van der Waals surface area contributed by atoms with Gasteiger partial charge >= 0.3 is 0 Å². The minimum atomic E-state index is -3.96. The fourth-order valence-electron chi connectivity index (χ4n) is 1.94. The molecule has 114 valence electrons. The maximum Gasteiger partial charge on any atom is 0.264 e. The van der Waals surface area contributed by atoms with Crippen molar-refractivity contribution in [2.75, 3.05) is 11.5 Å². The highest BCUT2D eigenvalue weighted by molar-refractivity contribution is 7.86. The van der Waals surface area contributed by atoms with Crippen LogP contribution >= 0.6 is 0 Å². The summed E-state index contributed by atoms with van der Waals surface area (Å²) in [5, 5.41) is 0. The van der Waals surface area contributed by atoms with Gasteiger partial charge in [-0.1, -0.05) is 24.3 Å². The van der Waals surface area contributed by atoms with Crippen LogP contribution in [0.1, 0.15) is 24.0 Å². The van der Waals surface area contributed by atoms with Crippen molar-refractivity contribution in [1.29, 1.82) is 0 Å². The zero-order chi connectivity index (χ0) is 15.2. The Bertz CT molecular complexity index is 577. The minimum absolute atomic E-state index is 0.299. The molecule has 0 radical (unpaired) electrons. The van der Waals surface area contributed by atoms with Crippen LogP contribution in [0.25, 0.3) is 0 Å². The average molecular weight is 322 g/mol. The van der Waals surface area contributed by atoms with Gasteiger partial charge in [0.15, 0.2) is 0 Å². The summed E-state index contributed by atoms with van der Waals surface area (Å²) < 4.78 is 59.9. The summed E-state index contributed by atoms with van der Waals surface area (Å²) in [6.45, 7) is 0. The third-order valence-electron chi connectivity index (χ3n) is 2.82. The maximum absolute atomic E-state index is 10.6. The number of rotatable bonds is 8. The first-order valence-corrected chi connectivity index (χ1v) is 9.36. The summed E-state index contributed by atoms with van der Waals surface area (Å²) in [5.74, 6) is -0.599. The Labute approximate surface area is 119 Å². The number of hydrogen-bond donors (Lipinski definition) is 2. The van der Waals surface area contributed by atoms with Crippen molar-refractivity contribution < 1.29 is 25.9 Å². The molecule has 6 nitrogen and oxygen atoms in total. The van der Waals surface area contributed by atoms with Crippen LogP contribution in [0.15, 0.2) is 24.3 Å². The monoisotopic (exact) mass is 322 g/mol. The van der Waals surface area contributed by atoms with Gasteiger partial charge in [-0.3, -0.25) is 9.11 Å². The molecule has 20 heavy (non-hydrogen) atoms. The summed E-state index contributed by atoms with van der Waals surface area (Å²) >= 11 is 0. The van der Waals surface area contributed by atoms with Gasteiger partial charge in [0.1, 0.15) is 0 Å². The van der Waals surface area contributed by atoms with Crippen molar-refractivity contribution >= 4 is 20.2 Å². The predicted octanol–water partition coefficient (Wildman–Crippen LogP) is 1.33. The standard InChI is InChI=1S/C12H18O6S2/c13-19(14,15)9-3-7-11-5-1-2-6-12(11)8-4-10-20(16,17)18/h1-2,5-6H,3-4,7-10H2,(H,13,14,15)(H,16,17,18). The molecule has 0 fully saturated rings. The van der Waals surface area contributed by atoms with Crippen LogP contribution in [0.5, 0.6) is 0 Å². The van der Waals surface area contributed by atoms with Gasteiger partial charge in [0.2, 0.25) is 0 Å². The van der Waals surface area contributed by atoms with E-state index in [1.54, 1.807) is 0 Å². The molecule has 8 heteroatoms. The normalized spacial score (nSPS) is 12.5. The third-order valence-corrected chi connectivity index (χ3v) is 4.42. The molecule has 1 aromatic carbocycles. The summed E-state index contributed by atoms with van der Waals surface area (Å²) in [5.41, 5.74) is 1.85. The summed E-state index contributed by atoms with van der Waals surface area (Å²) in [6.07, 6.45) is 1.58. The first-order chi connectivity index (χ1) is 9.17. The van der Waals surface area contributed by atoms with E-state index in [1.807, 2.05) is 24.3 Å². The molecule has 0 heterocycles. The van der Waals surface area contributed by atoms with Crippen LogP contribution in [0.4, 0.5) is 0 Å². The Morgan fingerprint density at radius 3 is 1.40 bits per heavy atom. The molecule has 0 aliphatic rings. The van der Waals surface area contributed by atoms with E-state index >= 15 is 0 Å². The van der Waals surface area contributed by atoms with E-state index in [-0.39, 0.29) is 11.5 Å². The molecule has 0 saturated carbocycles. The van der Waals surface area contributed by atoms with Crippen molar-refractivity contribution in [3.8, 4) is 0 Å². The lowest BCUT2D eigenvalue weighted by Crippen LogP contribution is -2.07. The van der Waals surface area contributed by atoms with Gasteiger partial charge in [0.25, 0.3) is 20.2 Å². The van der Waals surface area contributed by atoms with Gasteiger partial charge in [-0.25, -0.2) is 0 Å².